The molecule has 0 saturated heterocycles. The van der Waals surface area contributed by atoms with Crippen molar-refractivity contribution in [3.05, 3.63) is 244 Å². The summed E-state index contributed by atoms with van der Waals surface area (Å²) in [6.45, 7) is 125. The quantitative estimate of drug-likeness (QED) is 0.0332. The maximum absolute atomic E-state index is 8.37. The zero-order valence-corrected chi connectivity index (χ0v) is 88.1. The smallest absolute Gasteiger partial charge is 0.312 e. The molecule has 0 aliphatic rings. The van der Waals surface area contributed by atoms with Crippen LogP contribution in [0.2, 0.25) is 0 Å². The zero-order valence-electron chi connectivity index (χ0n) is 87.2. The summed E-state index contributed by atoms with van der Waals surface area (Å²) in [5.74, 6) is -0.444. The largest absolute Gasteiger partial charge is 0.332 e. The van der Waals surface area contributed by atoms with Gasteiger partial charge in [0.05, 0.1) is 19.8 Å². The van der Waals surface area contributed by atoms with Gasteiger partial charge in [-0.1, -0.05) is 400 Å². The molecule has 0 aliphatic heterocycles. The molecule has 0 saturated carbocycles. The van der Waals surface area contributed by atoms with E-state index in [1.807, 2.05) is 0 Å². The lowest BCUT2D eigenvalue weighted by molar-refractivity contribution is 0.0896. The topological polar surface area (TPSA) is 27.7 Å². The Morgan fingerprint density at radius 3 is 0.463 bits per heavy atom. The highest BCUT2D eigenvalue weighted by Crippen LogP contribution is 2.59. The Morgan fingerprint density at radius 2 is 0.355 bits per heavy atom. The van der Waals surface area contributed by atoms with E-state index in [0.717, 1.165) is 57.8 Å². The number of aryl methyl sites for hydroxylation is 6. The predicted octanol–water partition coefficient (Wildman–Crippen LogP) is 34.6. The van der Waals surface area contributed by atoms with E-state index < -0.39 is 24.8 Å². The van der Waals surface area contributed by atoms with Crippen molar-refractivity contribution >= 4 is 8.60 Å². The molecule has 0 bridgehead atoms. The van der Waals surface area contributed by atoms with E-state index in [9.17, 15) is 0 Å². The first-order chi connectivity index (χ1) is 54.8. The maximum atomic E-state index is 8.37. The van der Waals surface area contributed by atoms with Gasteiger partial charge in [0.25, 0.3) is 0 Å². The minimum atomic E-state index is -2.22. The van der Waals surface area contributed by atoms with Crippen molar-refractivity contribution in [3.8, 4) is 0 Å². The zero-order chi connectivity index (χ0) is 92.9. The first-order valence-corrected chi connectivity index (χ1v) is 48.5. The highest BCUT2D eigenvalue weighted by atomic mass is 31.2. The molecule has 4 heteroatoms. The Labute approximate surface area is 749 Å². The number of unbranched alkanes of at least 4 members (excludes halogenated alkanes) is 3. The monoisotopic (exact) mass is 1670 g/mol. The molecule has 6 aromatic rings. The van der Waals surface area contributed by atoms with Crippen LogP contribution < -0.4 is 0 Å². The summed E-state index contributed by atoms with van der Waals surface area (Å²) in [6, 6.07) is 31.2. The molecule has 6 rings (SSSR count). The second-order valence-corrected chi connectivity index (χ2v) is 51.3. The van der Waals surface area contributed by atoms with Crippen molar-refractivity contribution in [3.63, 3.8) is 0 Å². The highest BCUT2D eigenvalue weighted by Gasteiger charge is 2.52. The molecule has 0 fully saturated rings. The first kappa shape index (κ1) is 105. The molecule has 3 unspecified atom stereocenters. The fraction of sp³-hybridized carbons (Fsp3) is 0.641. The van der Waals surface area contributed by atoms with Gasteiger partial charge in [0.15, 0.2) is 0 Å². The highest BCUT2D eigenvalue weighted by molar-refractivity contribution is 7.41. The van der Waals surface area contributed by atoms with E-state index in [2.05, 4.69) is 403 Å². The minimum absolute atomic E-state index is 0.107. The van der Waals surface area contributed by atoms with Gasteiger partial charge >= 0.3 is 8.60 Å². The van der Waals surface area contributed by atoms with Crippen LogP contribution in [0.4, 0.5) is 0 Å². The molecule has 0 spiro atoms. The molecule has 3 atom stereocenters. The van der Waals surface area contributed by atoms with Gasteiger partial charge in [0, 0.05) is 34.0 Å². The van der Waals surface area contributed by atoms with Gasteiger partial charge < -0.3 is 13.6 Å². The van der Waals surface area contributed by atoms with Crippen molar-refractivity contribution in [1.82, 2.24) is 0 Å². The van der Waals surface area contributed by atoms with Gasteiger partial charge in [-0.15, -0.1) is 19.7 Å². The standard InChI is InChI=1S/C117H183O3P/c1-49-55-58-82(115(52-4,97-61-76(7)85(103(13,14)15)67-91(97)109(31,32)33)98-62-77(8)86(104(16,17)18)68-92(98)110(34,35)36)73-118-121(119-74-83(59-56-50-2)116(53-5,99-63-78(9)87(105(19,20)21)69-93(99)111(37,38)39)100-64-79(10)88(106(22,23)24)70-94(100)112(40,41)42)120-75-84(60-57-51-3)117(54-6,101-65-80(11)89(107(25,26)27)71-95(101)113(43,44)45)102-66-81(12)90(108(28,29)30)72-96(102)114(46,47)48/h52-54,61-72,82-84H,4-6,49-51,55-60,73-75H2,1-3,7-48H3. The number of hydrogen-bond acceptors (Lipinski definition) is 3. The molecule has 3 nitrogen and oxygen atoms in total. The third kappa shape index (κ3) is 22.9. The number of rotatable bonds is 30. The van der Waals surface area contributed by atoms with Gasteiger partial charge in [0.1, 0.15) is 0 Å². The van der Waals surface area contributed by atoms with Crippen LogP contribution in [0.5, 0.6) is 0 Å². The summed E-state index contributed by atoms with van der Waals surface area (Å²) in [6.07, 6.45) is 15.8. The average Bonchev–Trinajstić information content (AvgIpc) is 0.724. The average molecular weight is 1670 g/mol. The van der Waals surface area contributed by atoms with E-state index in [1.54, 1.807) is 0 Å². The fourth-order valence-corrected chi connectivity index (χ4v) is 22.2. The van der Waals surface area contributed by atoms with Crippen LogP contribution in [0, 0.1) is 59.3 Å². The van der Waals surface area contributed by atoms with Crippen LogP contribution in [-0.4, -0.2) is 19.8 Å². The van der Waals surface area contributed by atoms with Crippen LogP contribution in [0.1, 0.15) is 461 Å². The normalized spacial score (nSPS) is 15.0. The van der Waals surface area contributed by atoms with Crippen LogP contribution >= 0.6 is 8.60 Å². The molecule has 0 aliphatic carbocycles. The Balaban J connectivity index is 1.96. The molecule has 0 heterocycles. The number of allylic oxidation sites excluding steroid dienone is 3. The summed E-state index contributed by atoms with van der Waals surface area (Å²) < 4.78 is 25.1. The molecule has 0 amide bonds. The van der Waals surface area contributed by atoms with E-state index >= 15 is 0 Å². The van der Waals surface area contributed by atoms with Gasteiger partial charge in [-0.25, -0.2) is 0 Å². The van der Waals surface area contributed by atoms with Crippen LogP contribution in [0.25, 0.3) is 0 Å². The lowest BCUT2D eigenvalue weighted by Crippen LogP contribution is -2.43. The SMILES string of the molecule is C=CC(c1cc(C)c(C(C)(C)C)cc1C(C)(C)C)(c1cc(C)c(C(C)(C)C)cc1C(C)(C)C)C(CCCC)COP(OCC(CCCC)C(C=C)(c1cc(C)c(C(C)(C)C)cc1C(C)(C)C)c1cc(C)c(C(C)(C)C)cc1C(C)(C)C)OCC(CCCC)C(C=C)(c1cc(C)c(C(C)(C)C)cc1C(C)(C)C)c1cc(C)c(C(C)(C)C)cc1C(C)(C)C. The Hall–Kier alpha value is -5.15. The van der Waals surface area contributed by atoms with Crippen LogP contribution in [0.3, 0.4) is 0 Å². The van der Waals surface area contributed by atoms with Gasteiger partial charge in [-0.05, 0) is 259 Å². The second kappa shape index (κ2) is 37.6. The molecular formula is C117H183O3P. The van der Waals surface area contributed by atoms with Gasteiger partial charge in [-0.3, -0.25) is 0 Å². The molecule has 121 heavy (non-hydrogen) atoms. The summed E-state index contributed by atoms with van der Waals surface area (Å²) in [5, 5.41) is 0. The minimum Gasteiger partial charge on any atom is -0.312 e. The molecule has 0 radical (unpaired) electrons. The number of hydrogen-bond donors (Lipinski definition) is 0. The summed E-state index contributed by atoms with van der Waals surface area (Å²) in [4.78, 5) is 0. The van der Waals surface area contributed by atoms with Crippen molar-refractivity contribution in [2.75, 3.05) is 19.8 Å². The molecule has 0 aromatic heterocycles. The summed E-state index contributed by atoms with van der Waals surface area (Å²) in [7, 11) is -2.22. The lowest BCUT2D eigenvalue weighted by Gasteiger charge is -2.47. The van der Waals surface area contributed by atoms with Crippen LogP contribution in [0.15, 0.2) is 111 Å². The molecule has 0 N–H and O–H groups in total. The molecule has 6 aromatic carbocycles. The van der Waals surface area contributed by atoms with Crippen LogP contribution in [-0.2, 0) is 94.8 Å². The second-order valence-electron chi connectivity index (χ2n) is 50.1. The van der Waals surface area contributed by atoms with Crippen molar-refractivity contribution in [1.29, 1.82) is 0 Å². The third-order valence-corrected chi connectivity index (χ3v) is 28.4. The van der Waals surface area contributed by atoms with Crippen molar-refractivity contribution in [2.45, 2.75) is 451 Å². The summed E-state index contributed by atoms with van der Waals surface area (Å²) in [5.41, 5.74) is 27.4. The van der Waals surface area contributed by atoms with Gasteiger partial charge in [0.2, 0.25) is 0 Å². The molecule has 674 valence electrons. The van der Waals surface area contributed by atoms with E-state index in [0.29, 0.717) is 19.8 Å². The third-order valence-electron chi connectivity index (χ3n) is 27.3. The summed E-state index contributed by atoms with van der Waals surface area (Å²) >= 11 is 0. The fourth-order valence-electron chi connectivity index (χ4n) is 21.0. The van der Waals surface area contributed by atoms with Crippen molar-refractivity contribution in [2.24, 2.45) is 17.8 Å². The first-order valence-electron chi connectivity index (χ1n) is 47.4. The predicted molar refractivity (Wildman–Crippen MR) is 538 cm³/mol. The maximum Gasteiger partial charge on any atom is 0.332 e. The van der Waals surface area contributed by atoms with E-state index in [-0.39, 0.29) is 82.7 Å². The Kier molecular flexibility index (Phi) is 32.6. The Bertz CT molecular complexity index is 3870. The lowest BCUT2D eigenvalue weighted by atomic mass is 9.58. The van der Waals surface area contributed by atoms with E-state index in [1.165, 1.54) is 134 Å². The Morgan fingerprint density at radius 1 is 0.223 bits per heavy atom. The van der Waals surface area contributed by atoms with Crippen molar-refractivity contribution < 1.29 is 13.6 Å². The van der Waals surface area contributed by atoms with Gasteiger partial charge in [-0.2, -0.15) is 0 Å². The number of benzene rings is 6. The molecular weight excluding hydrogens is 1480 g/mol. The van der Waals surface area contributed by atoms with E-state index in [4.69, 9.17) is 33.3 Å².